The third-order valence-corrected chi connectivity index (χ3v) is 11.5. The normalized spacial score (nSPS) is 13.1. The number of aliphatic carboxylic acids is 1. The van der Waals surface area contributed by atoms with Gasteiger partial charge < -0.3 is 25.4 Å². The largest absolute Gasteiger partial charge is 0.481 e. The molecule has 3 aromatic heterocycles. The van der Waals surface area contributed by atoms with Gasteiger partial charge in [0.1, 0.15) is 23.6 Å². The number of nitrogens with zero attached hydrogens (tertiary/aromatic N) is 10. The first kappa shape index (κ1) is 47.6. The molecule has 2 fully saturated rings. The zero-order chi connectivity index (χ0) is 47.8. The number of aromatic nitrogens is 6. The zero-order valence-electron chi connectivity index (χ0n) is 38.5. The topological polar surface area (TPSA) is 229 Å². The molecule has 15 nitrogen and oxygen atoms in total. The fourth-order valence-electron chi connectivity index (χ4n) is 8.00. The van der Waals surface area contributed by atoms with E-state index in [1.165, 1.54) is 5.56 Å². The van der Waals surface area contributed by atoms with Crippen LogP contribution in [0.25, 0.3) is 33.8 Å². The molecule has 2 aliphatic rings. The second kappa shape index (κ2) is 20.7. The Balaban J connectivity index is 0.000000167. The summed E-state index contributed by atoms with van der Waals surface area (Å²) in [4.78, 5) is 64.1. The van der Waals surface area contributed by atoms with Crippen molar-refractivity contribution in [3.63, 3.8) is 0 Å². The Labute approximate surface area is 385 Å². The van der Waals surface area contributed by atoms with Crippen molar-refractivity contribution in [1.29, 1.82) is 10.5 Å². The van der Waals surface area contributed by atoms with E-state index in [1.54, 1.807) is 27.7 Å². The molecule has 0 saturated carbocycles. The molecule has 6 aromatic rings. The van der Waals surface area contributed by atoms with E-state index in [0.717, 1.165) is 82.7 Å². The maximum atomic E-state index is 11.5. The summed E-state index contributed by atoms with van der Waals surface area (Å²) < 4.78 is 0. The number of anilines is 2. The Morgan fingerprint density at radius 2 is 0.924 bits per heavy atom. The van der Waals surface area contributed by atoms with Crippen LogP contribution in [0.15, 0.2) is 72.8 Å². The van der Waals surface area contributed by atoms with Crippen molar-refractivity contribution in [3.05, 3.63) is 130 Å². The number of ketones is 1. The number of Topliss-reactive ketones (excluding diaryl/α,β-unsaturated/α-hetero) is 1. The number of rotatable bonds is 10. The van der Waals surface area contributed by atoms with Crippen molar-refractivity contribution in [1.82, 2.24) is 29.9 Å². The van der Waals surface area contributed by atoms with Crippen molar-refractivity contribution in [2.24, 2.45) is 17.6 Å². The summed E-state index contributed by atoms with van der Waals surface area (Å²) in [6, 6.07) is 28.2. The average Bonchev–Trinajstić information content (AvgIpc) is 3.24. The van der Waals surface area contributed by atoms with E-state index in [2.05, 4.69) is 64.0 Å². The smallest absolute Gasteiger partial charge is 0.303 e. The minimum Gasteiger partial charge on any atom is -0.481 e. The van der Waals surface area contributed by atoms with E-state index in [0.29, 0.717) is 46.5 Å². The molecule has 3 N–H and O–H groups in total. The van der Waals surface area contributed by atoms with Gasteiger partial charge in [0.2, 0.25) is 0 Å². The van der Waals surface area contributed by atoms with E-state index < -0.39 is 11.9 Å². The predicted molar refractivity (Wildman–Crippen MR) is 252 cm³/mol. The predicted octanol–water partition coefficient (Wildman–Crippen LogP) is 7.76. The van der Waals surface area contributed by atoms with Crippen LogP contribution in [0.5, 0.6) is 0 Å². The number of nitriles is 2. The van der Waals surface area contributed by atoms with Crippen molar-refractivity contribution < 1.29 is 19.5 Å². The number of benzene rings is 3. The van der Waals surface area contributed by atoms with Gasteiger partial charge in [-0.1, -0.05) is 54.1 Å². The molecule has 5 heterocycles. The van der Waals surface area contributed by atoms with Crippen molar-refractivity contribution in [3.8, 4) is 45.9 Å². The lowest BCUT2D eigenvalue weighted by atomic mass is 9.93. The number of primary amides is 1. The second-order valence-electron chi connectivity index (χ2n) is 16.9. The minimum atomic E-state index is -0.751. The summed E-state index contributed by atoms with van der Waals surface area (Å²) in [5, 5.41) is 26.9. The lowest BCUT2D eigenvalue weighted by Gasteiger charge is -2.40. The molecule has 0 aliphatic carbocycles. The maximum absolute atomic E-state index is 11.5. The molecular formula is C51H53N11O4. The number of hydrogen-bond acceptors (Lipinski definition) is 13. The Morgan fingerprint density at radius 3 is 1.29 bits per heavy atom. The first-order valence-electron chi connectivity index (χ1n) is 21.6. The number of carbonyl (C=O) groups excluding carboxylic acids is 2. The summed E-state index contributed by atoms with van der Waals surface area (Å²) in [5.41, 5.74) is 19.0. The fourth-order valence-corrected chi connectivity index (χ4v) is 8.00. The van der Waals surface area contributed by atoms with E-state index in [-0.39, 0.29) is 23.8 Å². The highest BCUT2D eigenvalue weighted by atomic mass is 16.4. The number of carboxylic acid groups (broad SMARTS) is 1. The first-order valence-corrected chi connectivity index (χ1v) is 21.6. The van der Waals surface area contributed by atoms with E-state index in [1.807, 2.05) is 88.4 Å². The number of amides is 1. The first-order chi connectivity index (χ1) is 31.4. The fraction of sp³-hybridized carbons (Fsp3) is 0.314. The van der Waals surface area contributed by atoms with E-state index in [9.17, 15) is 14.4 Å². The molecule has 0 unspecified atom stereocenters. The summed E-state index contributed by atoms with van der Waals surface area (Å²) in [6.45, 7) is 18.0. The highest BCUT2D eigenvalue weighted by Gasteiger charge is 2.29. The van der Waals surface area contributed by atoms with Gasteiger partial charge in [0, 0.05) is 72.5 Å². The summed E-state index contributed by atoms with van der Waals surface area (Å²) in [7, 11) is 0. The molecule has 0 bridgehead atoms. The maximum Gasteiger partial charge on any atom is 0.303 e. The molecule has 2 aliphatic heterocycles. The number of nitrogens with two attached hydrogens (primary N) is 1. The number of hydrogen-bond donors (Lipinski definition) is 2. The van der Waals surface area contributed by atoms with Gasteiger partial charge in [-0.3, -0.25) is 24.5 Å². The quantitative estimate of drug-likeness (QED) is 0.134. The number of carboxylic acids is 1. The number of aryl methyl sites for hydroxylation is 7. The molecule has 1 amide bonds. The van der Waals surface area contributed by atoms with Gasteiger partial charge in [0.15, 0.2) is 11.4 Å². The molecule has 8 rings (SSSR count). The van der Waals surface area contributed by atoms with Gasteiger partial charge in [0.05, 0.1) is 57.7 Å². The lowest BCUT2D eigenvalue weighted by molar-refractivity contribution is -0.138. The average molecular weight is 884 g/mol. The van der Waals surface area contributed by atoms with Crippen LogP contribution in [0, 0.1) is 83.0 Å². The summed E-state index contributed by atoms with van der Waals surface area (Å²) in [5.74, 6) is -0.394. The molecule has 2 saturated heterocycles. The van der Waals surface area contributed by atoms with Crippen LogP contribution in [0.3, 0.4) is 0 Å². The zero-order valence-corrected chi connectivity index (χ0v) is 38.5. The van der Waals surface area contributed by atoms with E-state index >= 15 is 0 Å². The van der Waals surface area contributed by atoms with Gasteiger partial charge in [-0.15, -0.1) is 0 Å². The highest BCUT2D eigenvalue weighted by Crippen LogP contribution is 2.31. The molecule has 0 atom stereocenters. The molecular weight excluding hydrogens is 831 g/mol. The standard InChI is InChI=1S/C19H20N4O.C18H20N4O3.C14H13N3/c1-12(24)8-15-10-23(11-15)17-6-4-16(5-7-17)19-14(3)21-13(2)18(9-20)22-19;1-10-16(21-17(18(19)25)11(2)20-10)13-3-5-14(6-4-13)22-8-12(9-22)7-15(23)24;1-9-4-6-12(7-5-9)14-11(3)16-10(2)13(8-15)17-14/h4-7,15H,8,10-11H2,1-3H3;3-6,12H,7-9H2,1-2H3,(H2,19,25)(H,23,24);4-7H,1-3H3. The van der Waals surface area contributed by atoms with Crippen LogP contribution in [0.1, 0.15) is 81.4 Å². The minimum absolute atomic E-state index is 0.184. The molecule has 336 valence electrons. The van der Waals surface area contributed by atoms with Crippen molar-refractivity contribution in [2.75, 3.05) is 36.0 Å². The van der Waals surface area contributed by atoms with Crippen LogP contribution in [0.2, 0.25) is 0 Å². The van der Waals surface area contributed by atoms with Crippen molar-refractivity contribution in [2.45, 2.75) is 68.2 Å². The molecule has 0 radical (unpaired) electrons. The van der Waals surface area contributed by atoms with Crippen molar-refractivity contribution >= 4 is 29.0 Å². The Kier molecular flexibility index (Phi) is 14.9. The van der Waals surface area contributed by atoms with Crippen LogP contribution in [-0.2, 0) is 9.59 Å². The molecule has 66 heavy (non-hydrogen) atoms. The third-order valence-electron chi connectivity index (χ3n) is 11.5. The van der Waals surface area contributed by atoms with Gasteiger partial charge in [-0.05, 0) is 79.7 Å². The second-order valence-corrected chi connectivity index (χ2v) is 16.9. The Morgan fingerprint density at radius 1 is 0.561 bits per heavy atom. The molecule has 0 spiro atoms. The monoisotopic (exact) mass is 883 g/mol. The van der Waals surface area contributed by atoms with Crippen LogP contribution < -0.4 is 15.5 Å². The van der Waals surface area contributed by atoms with Gasteiger partial charge in [0.25, 0.3) is 5.91 Å². The van der Waals surface area contributed by atoms with Crippen LogP contribution in [0.4, 0.5) is 11.4 Å². The lowest BCUT2D eigenvalue weighted by Crippen LogP contribution is -2.47. The van der Waals surface area contributed by atoms with Gasteiger partial charge in [-0.2, -0.15) is 10.5 Å². The highest BCUT2D eigenvalue weighted by molar-refractivity contribution is 5.92. The third kappa shape index (κ3) is 11.4. The SMILES string of the molecule is CC(=O)CC1CN(c2ccc(-c3nc(C#N)c(C)nc3C)cc2)C1.Cc1ccc(-c2nc(C#N)c(C)nc2C)cc1.Cc1nc(C)c(-c2ccc(N3CC(CC(=O)O)C3)cc2)nc1C(N)=O. The summed E-state index contributed by atoms with van der Waals surface area (Å²) in [6.07, 6.45) is 0.881. The van der Waals surface area contributed by atoms with Crippen LogP contribution >= 0.6 is 0 Å². The Bertz CT molecular complexity index is 2860. The van der Waals surface area contributed by atoms with Gasteiger partial charge >= 0.3 is 5.97 Å². The van der Waals surface area contributed by atoms with E-state index in [4.69, 9.17) is 21.4 Å². The number of carbonyl (C=O) groups is 3. The summed E-state index contributed by atoms with van der Waals surface area (Å²) >= 11 is 0. The van der Waals surface area contributed by atoms with Gasteiger partial charge in [-0.25, -0.2) is 15.0 Å². The molecule has 3 aromatic carbocycles. The Hall–Kier alpha value is -7.91. The molecule has 15 heteroatoms. The van der Waals surface area contributed by atoms with Crippen LogP contribution in [-0.4, -0.2) is 78.8 Å².